The van der Waals surface area contributed by atoms with E-state index in [9.17, 15) is 4.79 Å². The smallest absolute Gasteiger partial charge is 0.235 e. The molecule has 1 amide bonds. The number of nitrogens with one attached hydrogen (secondary N) is 1. The standard InChI is InChI=1S/C7H12ClNOS/c1-5-2-6(4-11-5)9-7(10)3-8/h5-6H,2-4H2,1H3,(H,9,10). The van der Waals surface area contributed by atoms with Crippen LogP contribution in [0.1, 0.15) is 13.3 Å². The van der Waals surface area contributed by atoms with E-state index in [1.807, 2.05) is 11.8 Å². The van der Waals surface area contributed by atoms with Gasteiger partial charge < -0.3 is 5.32 Å². The summed E-state index contributed by atoms with van der Waals surface area (Å²) in [5.41, 5.74) is 0. The van der Waals surface area contributed by atoms with Crippen LogP contribution in [0.15, 0.2) is 0 Å². The summed E-state index contributed by atoms with van der Waals surface area (Å²) in [7, 11) is 0. The van der Waals surface area contributed by atoms with Crippen LogP contribution in [0.3, 0.4) is 0 Å². The van der Waals surface area contributed by atoms with Crippen molar-refractivity contribution >= 4 is 29.3 Å². The molecule has 1 rings (SSSR count). The van der Waals surface area contributed by atoms with Gasteiger partial charge >= 0.3 is 0 Å². The summed E-state index contributed by atoms with van der Waals surface area (Å²) in [5, 5.41) is 3.54. The molecule has 0 radical (unpaired) electrons. The van der Waals surface area contributed by atoms with Crippen LogP contribution in [-0.4, -0.2) is 28.8 Å². The van der Waals surface area contributed by atoms with E-state index in [0.29, 0.717) is 11.3 Å². The van der Waals surface area contributed by atoms with Crippen LogP contribution in [0, 0.1) is 0 Å². The summed E-state index contributed by atoms with van der Waals surface area (Å²) in [6.45, 7) is 2.18. The summed E-state index contributed by atoms with van der Waals surface area (Å²) < 4.78 is 0. The molecule has 1 aliphatic rings. The number of thioether (sulfide) groups is 1. The molecule has 64 valence electrons. The Balaban J connectivity index is 2.23. The normalized spacial score (nSPS) is 30.4. The van der Waals surface area contributed by atoms with Crippen LogP contribution in [0.2, 0.25) is 0 Å². The van der Waals surface area contributed by atoms with Crippen LogP contribution in [0.25, 0.3) is 0 Å². The lowest BCUT2D eigenvalue weighted by Crippen LogP contribution is -2.35. The first kappa shape index (κ1) is 9.20. The van der Waals surface area contributed by atoms with Crippen LogP contribution in [0.4, 0.5) is 0 Å². The highest BCUT2D eigenvalue weighted by Gasteiger charge is 2.22. The fourth-order valence-electron chi connectivity index (χ4n) is 1.18. The quantitative estimate of drug-likeness (QED) is 0.669. The second-order valence-electron chi connectivity index (χ2n) is 2.78. The number of hydrogen-bond acceptors (Lipinski definition) is 2. The first-order valence-corrected chi connectivity index (χ1v) is 5.27. The average Bonchev–Trinajstić information content (AvgIpc) is 2.35. The van der Waals surface area contributed by atoms with Gasteiger partial charge in [-0.1, -0.05) is 6.92 Å². The summed E-state index contributed by atoms with van der Waals surface area (Å²) >= 11 is 7.25. The van der Waals surface area contributed by atoms with Crippen molar-refractivity contribution in [3.8, 4) is 0 Å². The summed E-state index contributed by atoms with van der Waals surface area (Å²) in [6, 6.07) is 0.348. The lowest BCUT2D eigenvalue weighted by molar-refractivity contribution is -0.119. The van der Waals surface area contributed by atoms with E-state index in [-0.39, 0.29) is 11.8 Å². The SMILES string of the molecule is CC1CC(NC(=O)CCl)CS1. The molecule has 0 saturated carbocycles. The van der Waals surface area contributed by atoms with Gasteiger partial charge in [0.2, 0.25) is 5.91 Å². The Hall–Kier alpha value is 0.110. The second-order valence-corrected chi connectivity index (χ2v) is 4.52. The maximum Gasteiger partial charge on any atom is 0.235 e. The lowest BCUT2D eigenvalue weighted by atomic mass is 10.2. The zero-order valence-electron chi connectivity index (χ0n) is 6.47. The zero-order chi connectivity index (χ0) is 8.27. The van der Waals surface area contributed by atoms with Gasteiger partial charge in [-0.25, -0.2) is 0 Å². The maximum absolute atomic E-state index is 10.8. The molecule has 2 unspecified atom stereocenters. The van der Waals surface area contributed by atoms with Gasteiger partial charge in [0.25, 0.3) is 0 Å². The Bertz CT molecular complexity index is 153. The molecule has 1 saturated heterocycles. The van der Waals surface area contributed by atoms with Crippen molar-refractivity contribution in [3.63, 3.8) is 0 Å². The third-order valence-electron chi connectivity index (χ3n) is 1.68. The fourth-order valence-corrected chi connectivity index (χ4v) is 2.41. The van der Waals surface area contributed by atoms with Crippen molar-refractivity contribution < 1.29 is 4.79 Å². The van der Waals surface area contributed by atoms with Crippen molar-refractivity contribution in [1.29, 1.82) is 0 Å². The number of carbonyl (C=O) groups is 1. The molecular weight excluding hydrogens is 182 g/mol. The number of rotatable bonds is 2. The molecule has 4 heteroatoms. The molecule has 2 atom stereocenters. The van der Waals surface area contributed by atoms with Gasteiger partial charge in [0.15, 0.2) is 0 Å². The topological polar surface area (TPSA) is 29.1 Å². The minimum Gasteiger partial charge on any atom is -0.351 e. The number of halogens is 1. The van der Waals surface area contributed by atoms with Gasteiger partial charge in [-0.2, -0.15) is 11.8 Å². The molecular formula is C7H12ClNOS. The van der Waals surface area contributed by atoms with Crippen molar-refractivity contribution in [2.45, 2.75) is 24.6 Å². The number of hydrogen-bond donors (Lipinski definition) is 1. The van der Waals surface area contributed by atoms with Crippen molar-refractivity contribution in [2.75, 3.05) is 11.6 Å². The van der Waals surface area contributed by atoms with Gasteiger partial charge in [0.05, 0.1) is 0 Å². The lowest BCUT2D eigenvalue weighted by Gasteiger charge is -2.09. The van der Waals surface area contributed by atoms with Crippen LogP contribution in [-0.2, 0) is 4.79 Å². The van der Waals surface area contributed by atoms with Gasteiger partial charge in [0, 0.05) is 17.0 Å². The number of amides is 1. The van der Waals surface area contributed by atoms with Gasteiger partial charge in [-0.3, -0.25) is 4.79 Å². The Morgan fingerprint density at radius 1 is 1.82 bits per heavy atom. The van der Waals surface area contributed by atoms with E-state index in [0.717, 1.165) is 12.2 Å². The fraction of sp³-hybridized carbons (Fsp3) is 0.857. The third-order valence-corrected chi connectivity index (χ3v) is 3.28. The summed E-state index contributed by atoms with van der Waals surface area (Å²) in [5.74, 6) is 1.06. The minimum absolute atomic E-state index is 0.0497. The monoisotopic (exact) mass is 193 g/mol. The molecule has 1 fully saturated rings. The van der Waals surface area contributed by atoms with Gasteiger partial charge in [-0.05, 0) is 6.42 Å². The van der Waals surface area contributed by atoms with E-state index in [1.165, 1.54) is 0 Å². The third kappa shape index (κ3) is 2.91. The molecule has 0 aliphatic carbocycles. The zero-order valence-corrected chi connectivity index (χ0v) is 8.04. The molecule has 0 bridgehead atoms. The van der Waals surface area contributed by atoms with E-state index >= 15 is 0 Å². The Morgan fingerprint density at radius 3 is 3.00 bits per heavy atom. The first-order chi connectivity index (χ1) is 5.22. The average molecular weight is 194 g/mol. The van der Waals surface area contributed by atoms with E-state index in [4.69, 9.17) is 11.6 Å². The van der Waals surface area contributed by atoms with Gasteiger partial charge in [-0.15, -0.1) is 11.6 Å². The molecule has 0 aromatic heterocycles. The Morgan fingerprint density at radius 2 is 2.55 bits per heavy atom. The summed E-state index contributed by atoms with van der Waals surface area (Å²) in [6.07, 6.45) is 1.08. The minimum atomic E-state index is -0.0497. The van der Waals surface area contributed by atoms with Crippen molar-refractivity contribution in [2.24, 2.45) is 0 Å². The highest BCUT2D eigenvalue weighted by Crippen LogP contribution is 2.25. The molecule has 0 spiro atoms. The number of carbonyl (C=O) groups excluding carboxylic acids is 1. The maximum atomic E-state index is 10.8. The van der Waals surface area contributed by atoms with Crippen LogP contribution in [0.5, 0.6) is 0 Å². The van der Waals surface area contributed by atoms with Gasteiger partial charge in [0.1, 0.15) is 5.88 Å². The molecule has 0 aromatic rings. The Kier molecular flexibility index (Phi) is 3.52. The van der Waals surface area contributed by atoms with E-state index < -0.39 is 0 Å². The molecule has 1 heterocycles. The predicted octanol–water partition coefficient (Wildman–Crippen LogP) is 1.24. The first-order valence-electron chi connectivity index (χ1n) is 3.69. The predicted molar refractivity (Wildman–Crippen MR) is 49.2 cm³/mol. The number of alkyl halides is 1. The van der Waals surface area contributed by atoms with Crippen molar-refractivity contribution in [3.05, 3.63) is 0 Å². The largest absolute Gasteiger partial charge is 0.351 e. The molecule has 2 nitrogen and oxygen atoms in total. The highest BCUT2D eigenvalue weighted by atomic mass is 35.5. The molecule has 11 heavy (non-hydrogen) atoms. The molecule has 1 aliphatic heterocycles. The van der Waals surface area contributed by atoms with E-state index in [2.05, 4.69) is 12.2 Å². The van der Waals surface area contributed by atoms with Crippen molar-refractivity contribution in [1.82, 2.24) is 5.32 Å². The van der Waals surface area contributed by atoms with E-state index in [1.54, 1.807) is 0 Å². The second kappa shape index (κ2) is 4.21. The molecule has 0 aromatic carbocycles. The molecule has 1 N–H and O–H groups in total. The van der Waals surface area contributed by atoms with Crippen LogP contribution < -0.4 is 5.32 Å². The summed E-state index contributed by atoms with van der Waals surface area (Å²) in [4.78, 5) is 10.8. The van der Waals surface area contributed by atoms with Crippen LogP contribution >= 0.6 is 23.4 Å². The highest BCUT2D eigenvalue weighted by molar-refractivity contribution is 8.00. The Labute approximate surface area is 76.1 Å².